The van der Waals surface area contributed by atoms with Gasteiger partial charge in [-0.1, -0.05) is 55.8 Å². The molecule has 0 aromatic heterocycles. The topological polar surface area (TPSA) is 96.0 Å². The number of nitrogens with zero attached hydrogens (tertiary/aromatic N) is 2. The van der Waals surface area contributed by atoms with Crippen molar-refractivity contribution in [2.24, 2.45) is 5.92 Å². The van der Waals surface area contributed by atoms with Gasteiger partial charge in [0.1, 0.15) is 18.3 Å². The van der Waals surface area contributed by atoms with E-state index in [1.165, 1.54) is 12.0 Å². The van der Waals surface area contributed by atoms with Crippen molar-refractivity contribution < 1.29 is 22.7 Å². The largest absolute Gasteiger partial charge is 0.495 e. The number of rotatable bonds is 11. The number of hydrogen-bond donors (Lipinski definition) is 1. The summed E-state index contributed by atoms with van der Waals surface area (Å²) in [5.41, 5.74) is 2.17. The molecule has 0 saturated heterocycles. The van der Waals surface area contributed by atoms with E-state index in [1.54, 1.807) is 31.2 Å². The second-order valence-corrected chi connectivity index (χ2v) is 10.7. The Kier molecular flexibility index (Phi) is 9.49. The number of sulfonamides is 1. The Morgan fingerprint density at radius 1 is 1.03 bits per heavy atom. The lowest BCUT2D eigenvalue weighted by Gasteiger charge is -2.32. The molecule has 0 fully saturated rings. The Morgan fingerprint density at radius 2 is 1.65 bits per heavy atom. The lowest BCUT2D eigenvalue weighted by atomic mass is 10.1. The Hall–Kier alpha value is -3.07. The van der Waals surface area contributed by atoms with Gasteiger partial charge in [-0.25, -0.2) is 8.42 Å². The van der Waals surface area contributed by atoms with E-state index >= 15 is 0 Å². The molecule has 8 nitrogen and oxygen atoms in total. The third-order valence-corrected chi connectivity index (χ3v) is 6.48. The zero-order chi connectivity index (χ0) is 25.5. The first-order valence-corrected chi connectivity index (χ1v) is 13.0. The number of benzene rings is 2. The number of ether oxygens (including phenoxy) is 1. The summed E-state index contributed by atoms with van der Waals surface area (Å²) in [6.45, 7) is 7.76. The number of methoxy groups -OCH3 is 1. The molecule has 2 amide bonds. The molecule has 9 heteroatoms. The molecule has 1 atom stereocenters. The maximum atomic E-state index is 13.5. The normalized spacial score (nSPS) is 12.2. The van der Waals surface area contributed by atoms with Crippen molar-refractivity contribution in [1.29, 1.82) is 0 Å². The smallest absolute Gasteiger partial charge is 0.244 e. The number of hydrogen-bond acceptors (Lipinski definition) is 5. The van der Waals surface area contributed by atoms with Crippen molar-refractivity contribution in [2.45, 2.75) is 40.3 Å². The molecule has 0 aliphatic rings. The van der Waals surface area contributed by atoms with Crippen LogP contribution in [0.25, 0.3) is 0 Å². The summed E-state index contributed by atoms with van der Waals surface area (Å²) in [5.74, 6) is -0.210. The number of nitrogens with one attached hydrogen (secondary N) is 1. The van der Waals surface area contributed by atoms with Crippen molar-refractivity contribution in [3.05, 3.63) is 59.7 Å². The molecule has 2 aromatic rings. The maximum Gasteiger partial charge on any atom is 0.244 e. The number of anilines is 1. The van der Waals surface area contributed by atoms with Gasteiger partial charge < -0.3 is 15.0 Å². The Bertz CT molecular complexity index is 1080. The second-order valence-electron chi connectivity index (χ2n) is 8.76. The van der Waals surface area contributed by atoms with Crippen LogP contribution in [0.15, 0.2) is 48.5 Å². The van der Waals surface area contributed by atoms with Crippen molar-refractivity contribution in [3.63, 3.8) is 0 Å². The van der Waals surface area contributed by atoms with Crippen LogP contribution in [0.4, 0.5) is 5.69 Å². The molecule has 0 aliphatic heterocycles. The van der Waals surface area contributed by atoms with Crippen molar-refractivity contribution >= 4 is 27.5 Å². The van der Waals surface area contributed by atoms with Crippen molar-refractivity contribution in [3.8, 4) is 5.75 Å². The zero-order valence-corrected chi connectivity index (χ0v) is 21.6. The number of carbonyl (C=O) groups excluding carboxylic acids is 2. The molecule has 0 heterocycles. The highest BCUT2D eigenvalue weighted by Crippen LogP contribution is 2.29. The molecule has 0 radical (unpaired) electrons. The molecule has 2 aromatic carbocycles. The first kappa shape index (κ1) is 27.2. The highest BCUT2D eigenvalue weighted by atomic mass is 32.2. The molecule has 0 aliphatic carbocycles. The fourth-order valence-electron chi connectivity index (χ4n) is 3.36. The highest BCUT2D eigenvalue weighted by Gasteiger charge is 2.31. The first-order chi connectivity index (χ1) is 15.9. The Balaban J connectivity index is 2.39. The van der Waals surface area contributed by atoms with Gasteiger partial charge in [0.2, 0.25) is 21.8 Å². The van der Waals surface area contributed by atoms with E-state index < -0.39 is 28.5 Å². The van der Waals surface area contributed by atoms with E-state index in [4.69, 9.17) is 4.74 Å². The first-order valence-electron chi connectivity index (χ1n) is 11.2. The Morgan fingerprint density at radius 3 is 2.21 bits per heavy atom. The van der Waals surface area contributed by atoms with Crippen LogP contribution >= 0.6 is 0 Å². The van der Waals surface area contributed by atoms with E-state index in [0.29, 0.717) is 12.3 Å². The summed E-state index contributed by atoms with van der Waals surface area (Å²) in [4.78, 5) is 27.8. The maximum absolute atomic E-state index is 13.5. The fourth-order valence-corrected chi connectivity index (χ4v) is 4.21. The number of para-hydroxylation sites is 2. The van der Waals surface area contributed by atoms with E-state index in [1.807, 2.05) is 45.0 Å². The summed E-state index contributed by atoms with van der Waals surface area (Å²) in [6.07, 6.45) is 1.04. The molecule has 34 heavy (non-hydrogen) atoms. The quantitative estimate of drug-likeness (QED) is 0.524. The zero-order valence-electron chi connectivity index (χ0n) is 20.7. The fraction of sp³-hybridized carbons (Fsp3) is 0.440. The van der Waals surface area contributed by atoms with E-state index in [-0.39, 0.29) is 24.1 Å². The summed E-state index contributed by atoms with van der Waals surface area (Å²) in [5, 5.41) is 2.86. The average Bonchev–Trinajstić information content (AvgIpc) is 2.79. The van der Waals surface area contributed by atoms with Crippen LogP contribution in [0.3, 0.4) is 0 Å². The lowest BCUT2D eigenvalue weighted by molar-refractivity contribution is -0.139. The van der Waals surface area contributed by atoms with Crippen LogP contribution in [0.2, 0.25) is 0 Å². The molecule has 0 unspecified atom stereocenters. The summed E-state index contributed by atoms with van der Waals surface area (Å²) < 4.78 is 31.6. The number of aryl methyl sites for hydroxylation is 1. The number of amides is 2. The van der Waals surface area contributed by atoms with Crippen molar-refractivity contribution in [2.75, 3.05) is 30.8 Å². The molecule has 186 valence electrons. The number of carbonyl (C=O) groups is 2. The lowest BCUT2D eigenvalue weighted by Crippen LogP contribution is -2.51. The van der Waals surface area contributed by atoms with Gasteiger partial charge in [-0.15, -0.1) is 0 Å². The predicted molar refractivity (Wildman–Crippen MR) is 134 cm³/mol. The van der Waals surface area contributed by atoms with Crippen LogP contribution < -0.4 is 14.4 Å². The molecular formula is C25H35N3O5S. The van der Waals surface area contributed by atoms with E-state index in [9.17, 15) is 18.0 Å². The van der Waals surface area contributed by atoms with Gasteiger partial charge >= 0.3 is 0 Å². The Labute approximate surface area is 202 Å². The summed E-state index contributed by atoms with van der Waals surface area (Å²) in [6, 6.07) is 13.4. The van der Waals surface area contributed by atoms with Gasteiger partial charge in [0.25, 0.3) is 0 Å². The molecule has 0 spiro atoms. The van der Waals surface area contributed by atoms with Gasteiger partial charge in [-0.2, -0.15) is 0 Å². The van der Waals surface area contributed by atoms with E-state index in [0.717, 1.165) is 21.7 Å². The van der Waals surface area contributed by atoms with Gasteiger partial charge in [-0.05, 0) is 37.5 Å². The standard InChI is InChI=1S/C25H35N3O5S/c1-18(2)15-26-25(30)20(4)27(16-21-13-11-19(3)12-14-21)24(29)17-28(34(6,31)32)22-9-7-8-10-23(22)33-5/h7-14,18,20H,15-17H2,1-6H3,(H,26,30)/t20-/m0/s1. The molecule has 0 saturated carbocycles. The molecule has 1 N–H and O–H groups in total. The van der Waals surface area contributed by atoms with Gasteiger partial charge in [0.05, 0.1) is 19.1 Å². The minimum Gasteiger partial charge on any atom is -0.495 e. The third-order valence-electron chi connectivity index (χ3n) is 5.36. The summed E-state index contributed by atoms with van der Waals surface area (Å²) >= 11 is 0. The minimum atomic E-state index is -3.82. The SMILES string of the molecule is COc1ccccc1N(CC(=O)N(Cc1ccc(C)cc1)[C@@H](C)C(=O)NCC(C)C)S(C)(=O)=O. The molecule has 2 rings (SSSR count). The molecular weight excluding hydrogens is 454 g/mol. The van der Waals surface area contributed by atoms with Gasteiger partial charge in [0.15, 0.2) is 0 Å². The third kappa shape index (κ3) is 7.48. The van der Waals surface area contributed by atoms with E-state index in [2.05, 4.69) is 5.32 Å². The summed E-state index contributed by atoms with van der Waals surface area (Å²) in [7, 11) is -2.38. The molecule has 0 bridgehead atoms. The minimum absolute atomic E-state index is 0.166. The van der Waals surface area contributed by atoms with Crippen molar-refractivity contribution in [1.82, 2.24) is 10.2 Å². The van der Waals surface area contributed by atoms with Crippen LogP contribution in [-0.2, 0) is 26.2 Å². The van der Waals surface area contributed by atoms with Gasteiger partial charge in [0, 0.05) is 13.1 Å². The highest BCUT2D eigenvalue weighted by molar-refractivity contribution is 7.92. The van der Waals surface area contributed by atoms with Gasteiger partial charge in [-0.3, -0.25) is 13.9 Å². The monoisotopic (exact) mass is 489 g/mol. The second kappa shape index (κ2) is 11.9. The van der Waals surface area contributed by atoms with Crippen LogP contribution in [0.1, 0.15) is 31.9 Å². The van der Waals surface area contributed by atoms with Crippen LogP contribution in [0, 0.1) is 12.8 Å². The predicted octanol–water partition coefficient (Wildman–Crippen LogP) is 2.96. The average molecular weight is 490 g/mol. The van der Waals surface area contributed by atoms with Crippen LogP contribution in [-0.4, -0.2) is 57.6 Å². The van der Waals surface area contributed by atoms with Crippen LogP contribution in [0.5, 0.6) is 5.75 Å².